The first-order valence-corrected chi connectivity index (χ1v) is 5.94. The molecule has 0 saturated heterocycles. The fraction of sp³-hybridized carbons (Fsp3) is 0.750. The Labute approximate surface area is 97.7 Å². The van der Waals surface area contributed by atoms with Crippen LogP contribution in [0.5, 0.6) is 0 Å². The van der Waals surface area contributed by atoms with E-state index in [2.05, 4.69) is 24.3 Å². The van der Waals surface area contributed by atoms with Gasteiger partial charge in [-0.15, -0.1) is 0 Å². The van der Waals surface area contributed by atoms with Crippen LogP contribution >= 0.6 is 0 Å². The van der Waals surface area contributed by atoms with E-state index in [9.17, 15) is 0 Å². The van der Waals surface area contributed by atoms with Gasteiger partial charge in [0.15, 0.2) is 0 Å². The van der Waals surface area contributed by atoms with Crippen LogP contribution in [0.25, 0.3) is 0 Å². The van der Waals surface area contributed by atoms with Crippen molar-refractivity contribution in [3.05, 3.63) is 17.5 Å². The lowest BCUT2D eigenvalue weighted by Crippen LogP contribution is -2.16. The second-order valence-corrected chi connectivity index (χ2v) is 4.49. The molecule has 1 rings (SSSR count). The number of nitrogens with zero attached hydrogens (tertiary/aromatic N) is 2. The van der Waals surface area contributed by atoms with E-state index in [0.717, 1.165) is 25.9 Å². The van der Waals surface area contributed by atoms with Crippen molar-refractivity contribution in [2.75, 3.05) is 13.2 Å². The first-order chi connectivity index (χ1) is 7.65. The maximum absolute atomic E-state index is 8.88. The van der Waals surface area contributed by atoms with E-state index in [1.54, 1.807) is 0 Å². The molecule has 1 heterocycles. The predicted molar refractivity (Wildman–Crippen MR) is 65.1 cm³/mol. The van der Waals surface area contributed by atoms with Gasteiger partial charge in [-0.2, -0.15) is 5.10 Å². The highest BCUT2D eigenvalue weighted by Gasteiger charge is 2.03. The molecular weight excluding hydrogens is 202 g/mol. The Bertz CT molecular complexity index is 309. The summed E-state index contributed by atoms with van der Waals surface area (Å²) in [6.07, 6.45) is 4.11. The molecule has 4 heteroatoms. The maximum Gasteiger partial charge on any atom is 0.0537 e. The van der Waals surface area contributed by atoms with Crippen molar-refractivity contribution in [3.63, 3.8) is 0 Å². The number of hydrogen-bond donors (Lipinski definition) is 2. The monoisotopic (exact) mass is 225 g/mol. The van der Waals surface area contributed by atoms with E-state index in [1.807, 2.05) is 17.9 Å². The highest BCUT2D eigenvalue weighted by Crippen LogP contribution is 2.06. The number of rotatable bonds is 7. The molecule has 0 aliphatic heterocycles. The van der Waals surface area contributed by atoms with Crippen LogP contribution in [0.15, 0.2) is 6.20 Å². The van der Waals surface area contributed by atoms with Gasteiger partial charge in [0.25, 0.3) is 0 Å². The number of hydrogen-bond acceptors (Lipinski definition) is 3. The van der Waals surface area contributed by atoms with E-state index in [4.69, 9.17) is 5.11 Å². The summed E-state index contributed by atoms with van der Waals surface area (Å²) in [5.41, 5.74) is 2.48. The number of aliphatic hydroxyl groups excluding tert-OH is 1. The molecule has 1 unspecified atom stereocenters. The lowest BCUT2D eigenvalue weighted by Gasteiger charge is -2.08. The first-order valence-electron chi connectivity index (χ1n) is 5.94. The first kappa shape index (κ1) is 13.2. The summed E-state index contributed by atoms with van der Waals surface area (Å²) in [6.45, 7) is 6.33. The summed E-state index contributed by atoms with van der Waals surface area (Å²) in [5, 5.41) is 16.5. The molecule has 1 aromatic heterocycles. The number of nitrogens with one attached hydrogen (secondary N) is 1. The predicted octanol–water partition coefficient (Wildman–Crippen LogP) is 1.23. The van der Waals surface area contributed by atoms with Crippen molar-refractivity contribution in [3.8, 4) is 0 Å². The minimum atomic E-state index is 0.293. The molecule has 0 aromatic carbocycles. The Balaban J connectivity index is 2.14. The minimum Gasteiger partial charge on any atom is -0.396 e. The Hall–Kier alpha value is -0.870. The van der Waals surface area contributed by atoms with Crippen LogP contribution in [-0.4, -0.2) is 28.0 Å². The summed E-state index contributed by atoms with van der Waals surface area (Å²) in [4.78, 5) is 0. The lowest BCUT2D eigenvalue weighted by molar-refractivity contribution is 0.228. The van der Waals surface area contributed by atoms with Crippen LogP contribution in [-0.2, 0) is 13.6 Å². The highest BCUT2D eigenvalue weighted by atomic mass is 16.3. The fourth-order valence-corrected chi connectivity index (χ4v) is 1.61. The molecule has 0 bridgehead atoms. The van der Waals surface area contributed by atoms with Crippen LogP contribution < -0.4 is 5.32 Å². The van der Waals surface area contributed by atoms with E-state index in [1.165, 1.54) is 11.3 Å². The van der Waals surface area contributed by atoms with E-state index in [-0.39, 0.29) is 0 Å². The molecule has 4 nitrogen and oxygen atoms in total. The molecule has 2 N–H and O–H groups in total. The Kier molecular flexibility index (Phi) is 5.49. The zero-order valence-electron chi connectivity index (χ0n) is 10.5. The van der Waals surface area contributed by atoms with Gasteiger partial charge < -0.3 is 10.4 Å². The summed E-state index contributed by atoms with van der Waals surface area (Å²) >= 11 is 0. The molecule has 1 atom stereocenters. The molecule has 16 heavy (non-hydrogen) atoms. The Morgan fingerprint density at radius 2 is 2.31 bits per heavy atom. The van der Waals surface area contributed by atoms with Crippen molar-refractivity contribution in [2.45, 2.75) is 33.2 Å². The van der Waals surface area contributed by atoms with Crippen LogP contribution in [0.4, 0.5) is 0 Å². The lowest BCUT2D eigenvalue weighted by atomic mass is 10.1. The van der Waals surface area contributed by atoms with Crippen molar-refractivity contribution in [1.82, 2.24) is 15.1 Å². The number of aryl methyl sites for hydroxylation is 1. The second-order valence-electron chi connectivity index (χ2n) is 4.49. The largest absolute Gasteiger partial charge is 0.396 e. The van der Waals surface area contributed by atoms with Gasteiger partial charge >= 0.3 is 0 Å². The second kappa shape index (κ2) is 6.66. The molecule has 0 aliphatic carbocycles. The van der Waals surface area contributed by atoms with Gasteiger partial charge in [0.05, 0.1) is 6.20 Å². The summed E-state index contributed by atoms with van der Waals surface area (Å²) in [7, 11) is 1.96. The van der Waals surface area contributed by atoms with Crippen LogP contribution in [0.1, 0.15) is 31.0 Å². The Morgan fingerprint density at radius 3 is 2.88 bits per heavy atom. The van der Waals surface area contributed by atoms with Gasteiger partial charge in [0.1, 0.15) is 0 Å². The van der Waals surface area contributed by atoms with E-state index in [0.29, 0.717) is 12.5 Å². The van der Waals surface area contributed by atoms with Gasteiger partial charge in [-0.3, -0.25) is 4.68 Å². The number of aliphatic hydroxyl groups is 1. The smallest absolute Gasteiger partial charge is 0.0537 e. The maximum atomic E-state index is 8.88. The topological polar surface area (TPSA) is 50.1 Å². The quantitative estimate of drug-likeness (QED) is 0.686. The Morgan fingerprint density at radius 1 is 1.56 bits per heavy atom. The van der Waals surface area contributed by atoms with Gasteiger partial charge in [-0.05, 0) is 32.2 Å². The normalized spacial score (nSPS) is 13.0. The number of aromatic nitrogens is 2. The molecule has 0 fully saturated rings. The van der Waals surface area contributed by atoms with Crippen molar-refractivity contribution >= 4 is 0 Å². The van der Waals surface area contributed by atoms with Crippen LogP contribution in [0.2, 0.25) is 0 Å². The highest BCUT2D eigenvalue weighted by molar-refractivity contribution is 5.15. The SMILES string of the molecule is Cc1c(CNCCCC(C)CO)cnn1C. The molecule has 92 valence electrons. The van der Waals surface area contributed by atoms with Crippen LogP contribution in [0, 0.1) is 12.8 Å². The molecule has 0 spiro atoms. The molecule has 0 saturated carbocycles. The van der Waals surface area contributed by atoms with E-state index >= 15 is 0 Å². The minimum absolute atomic E-state index is 0.293. The third-order valence-electron chi connectivity index (χ3n) is 3.01. The molecule has 0 aliphatic rings. The third kappa shape index (κ3) is 3.94. The summed E-state index contributed by atoms with van der Waals surface area (Å²) in [6, 6.07) is 0. The molecule has 0 amide bonds. The molecule has 1 aromatic rings. The summed E-state index contributed by atoms with van der Waals surface area (Å²) in [5.74, 6) is 0.418. The molecule has 0 radical (unpaired) electrons. The molecular formula is C12H23N3O. The van der Waals surface area contributed by atoms with Crippen molar-refractivity contribution < 1.29 is 5.11 Å². The van der Waals surface area contributed by atoms with Crippen molar-refractivity contribution in [1.29, 1.82) is 0 Å². The fourth-order valence-electron chi connectivity index (χ4n) is 1.61. The van der Waals surface area contributed by atoms with E-state index < -0.39 is 0 Å². The zero-order valence-corrected chi connectivity index (χ0v) is 10.5. The van der Waals surface area contributed by atoms with Gasteiger partial charge in [0.2, 0.25) is 0 Å². The van der Waals surface area contributed by atoms with Gasteiger partial charge in [-0.1, -0.05) is 6.92 Å². The standard InChI is InChI=1S/C12H23N3O/c1-10(9-16)5-4-6-13-7-12-8-14-15(3)11(12)2/h8,10,13,16H,4-7,9H2,1-3H3. The van der Waals surface area contributed by atoms with Crippen molar-refractivity contribution in [2.24, 2.45) is 13.0 Å². The average Bonchev–Trinajstić information content (AvgIpc) is 2.60. The summed E-state index contributed by atoms with van der Waals surface area (Å²) < 4.78 is 1.89. The average molecular weight is 225 g/mol. The van der Waals surface area contributed by atoms with Gasteiger partial charge in [0, 0.05) is 31.5 Å². The zero-order chi connectivity index (χ0) is 12.0. The third-order valence-corrected chi connectivity index (χ3v) is 3.01. The van der Waals surface area contributed by atoms with Gasteiger partial charge in [-0.25, -0.2) is 0 Å². The van der Waals surface area contributed by atoms with Crippen LogP contribution in [0.3, 0.4) is 0 Å².